The highest BCUT2D eigenvalue weighted by Gasteiger charge is 2.14. The van der Waals surface area contributed by atoms with E-state index in [9.17, 15) is 8.42 Å². The van der Waals surface area contributed by atoms with E-state index in [4.69, 9.17) is 9.47 Å². The van der Waals surface area contributed by atoms with Gasteiger partial charge in [-0.3, -0.25) is 4.72 Å². The summed E-state index contributed by atoms with van der Waals surface area (Å²) in [7, 11) is -2.17. The molecule has 26 heavy (non-hydrogen) atoms. The van der Waals surface area contributed by atoms with E-state index in [0.29, 0.717) is 22.9 Å². The average Bonchev–Trinajstić information content (AvgIpc) is 2.64. The molecule has 1 N–H and O–H groups in total. The summed E-state index contributed by atoms with van der Waals surface area (Å²) in [5.41, 5.74) is 1.58. The maximum absolute atomic E-state index is 12.5. The molecule has 0 saturated heterocycles. The molecule has 0 aliphatic carbocycles. The first kappa shape index (κ1) is 17.8. The molecule has 0 fully saturated rings. The van der Waals surface area contributed by atoms with Crippen LogP contribution in [0.4, 0.5) is 5.69 Å². The summed E-state index contributed by atoms with van der Waals surface area (Å²) < 4.78 is 38.4. The molecule has 3 aromatic carbocycles. The van der Waals surface area contributed by atoms with E-state index in [2.05, 4.69) is 4.72 Å². The lowest BCUT2D eigenvalue weighted by atomic mass is 10.2. The number of rotatable bonds is 6. The highest BCUT2D eigenvalue weighted by Crippen LogP contribution is 2.25. The van der Waals surface area contributed by atoms with E-state index in [1.807, 2.05) is 31.2 Å². The molecule has 6 heteroatoms. The van der Waals surface area contributed by atoms with E-state index in [1.165, 1.54) is 19.2 Å². The van der Waals surface area contributed by atoms with Gasteiger partial charge in [0.25, 0.3) is 10.0 Å². The summed E-state index contributed by atoms with van der Waals surface area (Å²) in [6.07, 6.45) is 0. The molecule has 0 aromatic heterocycles. The van der Waals surface area contributed by atoms with Crippen molar-refractivity contribution in [3.05, 3.63) is 78.4 Å². The molecule has 0 aliphatic rings. The van der Waals surface area contributed by atoms with Gasteiger partial charge >= 0.3 is 0 Å². The van der Waals surface area contributed by atoms with Crippen LogP contribution in [0.25, 0.3) is 0 Å². The lowest BCUT2D eigenvalue weighted by molar-refractivity contribution is 0.415. The highest BCUT2D eigenvalue weighted by molar-refractivity contribution is 7.92. The molecule has 0 heterocycles. The maximum Gasteiger partial charge on any atom is 0.261 e. The highest BCUT2D eigenvalue weighted by atomic mass is 32.2. The first-order valence-electron chi connectivity index (χ1n) is 7.98. The number of methoxy groups -OCH3 is 1. The van der Waals surface area contributed by atoms with Crippen molar-refractivity contribution in [3.63, 3.8) is 0 Å². The standard InChI is InChI=1S/C20H19NO4S/c1-15-6-8-17(9-7-15)25-18-10-12-20(13-11-18)26(22,23)21-16-4-3-5-19(14-16)24-2/h3-14,21H,1-2H3. The van der Waals surface area contributed by atoms with Crippen molar-refractivity contribution in [3.8, 4) is 17.2 Å². The van der Waals surface area contributed by atoms with Crippen LogP contribution in [-0.2, 0) is 10.0 Å². The normalized spacial score (nSPS) is 11.0. The van der Waals surface area contributed by atoms with Crippen LogP contribution in [0.3, 0.4) is 0 Å². The second kappa shape index (κ2) is 7.49. The molecular weight excluding hydrogens is 350 g/mol. The van der Waals surface area contributed by atoms with E-state index >= 15 is 0 Å². The van der Waals surface area contributed by atoms with Gasteiger partial charge in [0.1, 0.15) is 17.2 Å². The van der Waals surface area contributed by atoms with Gasteiger partial charge in [0.2, 0.25) is 0 Å². The minimum Gasteiger partial charge on any atom is -0.497 e. The number of hydrogen-bond acceptors (Lipinski definition) is 4. The summed E-state index contributed by atoms with van der Waals surface area (Å²) in [6, 6.07) is 20.6. The Morgan fingerprint density at radius 2 is 1.42 bits per heavy atom. The average molecular weight is 369 g/mol. The third kappa shape index (κ3) is 4.34. The van der Waals surface area contributed by atoms with Gasteiger partial charge < -0.3 is 9.47 Å². The number of anilines is 1. The molecule has 0 unspecified atom stereocenters. The van der Waals surface area contributed by atoms with Gasteiger partial charge in [0, 0.05) is 6.07 Å². The lowest BCUT2D eigenvalue weighted by Crippen LogP contribution is -2.12. The zero-order valence-electron chi connectivity index (χ0n) is 14.5. The van der Waals surface area contributed by atoms with Crippen LogP contribution in [0.2, 0.25) is 0 Å². The summed E-state index contributed by atoms with van der Waals surface area (Å²) in [5.74, 6) is 1.84. The fraction of sp³-hybridized carbons (Fsp3) is 0.100. The van der Waals surface area contributed by atoms with E-state index in [-0.39, 0.29) is 4.90 Å². The third-order valence-electron chi connectivity index (χ3n) is 3.71. The van der Waals surface area contributed by atoms with Crippen LogP contribution in [-0.4, -0.2) is 15.5 Å². The van der Waals surface area contributed by atoms with Crippen LogP contribution < -0.4 is 14.2 Å². The number of nitrogens with one attached hydrogen (secondary N) is 1. The zero-order valence-corrected chi connectivity index (χ0v) is 15.3. The van der Waals surface area contributed by atoms with Gasteiger partial charge in [-0.05, 0) is 55.5 Å². The summed E-state index contributed by atoms with van der Waals surface area (Å²) in [5, 5.41) is 0. The predicted octanol–water partition coefficient (Wildman–Crippen LogP) is 4.60. The smallest absolute Gasteiger partial charge is 0.261 e. The van der Waals surface area contributed by atoms with Crippen molar-refractivity contribution in [2.45, 2.75) is 11.8 Å². The largest absolute Gasteiger partial charge is 0.497 e. The first-order valence-corrected chi connectivity index (χ1v) is 9.46. The van der Waals surface area contributed by atoms with Gasteiger partial charge in [0.05, 0.1) is 17.7 Å². The molecule has 0 aliphatic heterocycles. The fourth-order valence-corrected chi connectivity index (χ4v) is 3.38. The van der Waals surface area contributed by atoms with Crippen LogP contribution in [0, 0.1) is 6.92 Å². The minimum atomic E-state index is -3.69. The van der Waals surface area contributed by atoms with Gasteiger partial charge in [-0.1, -0.05) is 23.8 Å². The summed E-state index contributed by atoms with van der Waals surface area (Å²) in [6.45, 7) is 2.00. The maximum atomic E-state index is 12.5. The Labute approximate surface area is 153 Å². The topological polar surface area (TPSA) is 64.6 Å². The van der Waals surface area contributed by atoms with E-state index in [1.54, 1.807) is 36.4 Å². The van der Waals surface area contributed by atoms with Gasteiger partial charge in [-0.2, -0.15) is 0 Å². The van der Waals surface area contributed by atoms with Crippen LogP contribution in [0.15, 0.2) is 77.7 Å². The van der Waals surface area contributed by atoms with Gasteiger partial charge in [-0.25, -0.2) is 8.42 Å². The fourth-order valence-electron chi connectivity index (χ4n) is 2.33. The SMILES string of the molecule is COc1cccc(NS(=O)(=O)c2ccc(Oc3ccc(C)cc3)cc2)c1. The quantitative estimate of drug-likeness (QED) is 0.690. The molecule has 3 rings (SSSR count). The second-order valence-corrected chi connectivity index (χ2v) is 7.41. The summed E-state index contributed by atoms with van der Waals surface area (Å²) in [4.78, 5) is 0.150. The van der Waals surface area contributed by atoms with Crippen LogP contribution in [0.1, 0.15) is 5.56 Å². The first-order chi connectivity index (χ1) is 12.5. The van der Waals surface area contributed by atoms with Crippen molar-refractivity contribution in [2.75, 3.05) is 11.8 Å². The van der Waals surface area contributed by atoms with Crippen LogP contribution >= 0.6 is 0 Å². The van der Waals surface area contributed by atoms with E-state index in [0.717, 1.165) is 5.56 Å². The molecule has 0 bridgehead atoms. The van der Waals surface area contributed by atoms with Crippen molar-refractivity contribution in [1.82, 2.24) is 0 Å². The number of aryl methyl sites for hydroxylation is 1. The summed E-state index contributed by atoms with van der Waals surface area (Å²) >= 11 is 0. The lowest BCUT2D eigenvalue weighted by Gasteiger charge is -2.10. The second-order valence-electron chi connectivity index (χ2n) is 5.72. The molecule has 134 valence electrons. The Balaban J connectivity index is 1.74. The molecule has 0 amide bonds. The predicted molar refractivity (Wildman–Crippen MR) is 101 cm³/mol. The molecule has 0 spiro atoms. The molecule has 0 saturated carbocycles. The Hall–Kier alpha value is -2.99. The van der Waals surface area contributed by atoms with E-state index < -0.39 is 10.0 Å². The zero-order chi connectivity index (χ0) is 18.6. The Morgan fingerprint density at radius 3 is 2.04 bits per heavy atom. The van der Waals surface area contributed by atoms with Crippen molar-refractivity contribution >= 4 is 15.7 Å². The Kier molecular flexibility index (Phi) is 5.14. The van der Waals surface area contributed by atoms with Crippen molar-refractivity contribution < 1.29 is 17.9 Å². The number of hydrogen-bond donors (Lipinski definition) is 1. The van der Waals surface area contributed by atoms with Gasteiger partial charge in [-0.15, -0.1) is 0 Å². The number of ether oxygens (including phenoxy) is 2. The van der Waals surface area contributed by atoms with Gasteiger partial charge in [0.15, 0.2) is 0 Å². The molecule has 5 nitrogen and oxygen atoms in total. The molecule has 0 atom stereocenters. The Bertz CT molecular complexity index is 981. The third-order valence-corrected chi connectivity index (χ3v) is 5.11. The Morgan fingerprint density at radius 1 is 0.808 bits per heavy atom. The molecule has 0 radical (unpaired) electrons. The van der Waals surface area contributed by atoms with Crippen molar-refractivity contribution in [1.29, 1.82) is 0 Å². The molecular formula is C20H19NO4S. The minimum absolute atomic E-state index is 0.150. The monoisotopic (exact) mass is 369 g/mol. The van der Waals surface area contributed by atoms with Crippen molar-refractivity contribution in [2.24, 2.45) is 0 Å². The number of sulfonamides is 1. The van der Waals surface area contributed by atoms with Crippen LogP contribution in [0.5, 0.6) is 17.2 Å². The number of benzene rings is 3. The molecule has 3 aromatic rings.